The van der Waals surface area contributed by atoms with Crippen LogP contribution in [0.1, 0.15) is 5.69 Å². The van der Waals surface area contributed by atoms with E-state index in [9.17, 15) is 0 Å². The lowest BCUT2D eigenvalue weighted by molar-refractivity contribution is 0.414. The van der Waals surface area contributed by atoms with E-state index in [2.05, 4.69) is 5.10 Å². The highest BCUT2D eigenvalue weighted by atomic mass is 35.5. The van der Waals surface area contributed by atoms with Crippen molar-refractivity contribution in [3.8, 4) is 11.4 Å². The van der Waals surface area contributed by atoms with Gasteiger partial charge in [-0.15, -0.1) is 11.6 Å². The van der Waals surface area contributed by atoms with Gasteiger partial charge in [-0.1, -0.05) is 6.07 Å². The van der Waals surface area contributed by atoms with E-state index in [0.29, 0.717) is 5.88 Å². The Morgan fingerprint density at radius 1 is 1.40 bits per heavy atom. The second-order valence-electron chi connectivity index (χ2n) is 3.09. The summed E-state index contributed by atoms with van der Waals surface area (Å²) in [4.78, 5) is 0. The maximum atomic E-state index is 5.69. The number of alkyl halides is 1. The van der Waals surface area contributed by atoms with Crippen molar-refractivity contribution in [1.82, 2.24) is 9.78 Å². The highest BCUT2D eigenvalue weighted by Crippen LogP contribution is 2.16. The molecule has 0 atom stereocenters. The number of rotatable bonds is 3. The summed E-state index contributed by atoms with van der Waals surface area (Å²) in [6.07, 6.45) is 1.88. The first-order valence-electron chi connectivity index (χ1n) is 4.58. The van der Waals surface area contributed by atoms with Gasteiger partial charge in [0.25, 0.3) is 0 Å². The van der Waals surface area contributed by atoms with Crippen LogP contribution < -0.4 is 4.74 Å². The van der Waals surface area contributed by atoms with Gasteiger partial charge in [-0.3, -0.25) is 0 Å². The topological polar surface area (TPSA) is 27.1 Å². The summed E-state index contributed by atoms with van der Waals surface area (Å²) >= 11 is 5.69. The molecule has 1 aromatic heterocycles. The van der Waals surface area contributed by atoms with Crippen LogP contribution in [0.2, 0.25) is 0 Å². The van der Waals surface area contributed by atoms with Crippen LogP contribution in [0.25, 0.3) is 5.69 Å². The van der Waals surface area contributed by atoms with Gasteiger partial charge in [0.1, 0.15) is 5.75 Å². The fraction of sp³-hybridized carbons (Fsp3) is 0.182. The van der Waals surface area contributed by atoms with Gasteiger partial charge in [-0.2, -0.15) is 5.10 Å². The molecule has 4 heteroatoms. The van der Waals surface area contributed by atoms with E-state index in [1.165, 1.54) is 0 Å². The molecule has 0 saturated heterocycles. The maximum Gasteiger partial charge on any atom is 0.121 e. The standard InChI is InChI=1S/C11H11ClN2O/c1-15-11-4-2-3-10(7-11)14-6-5-9(8-12)13-14/h2-7H,8H2,1H3. The minimum Gasteiger partial charge on any atom is -0.497 e. The number of aromatic nitrogens is 2. The number of hydrogen-bond donors (Lipinski definition) is 0. The summed E-state index contributed by atoms with van der Waals surface area (Å²) in [6.45, 7) is 0. The minimum absolute atomic E-state index is 0.428. The van der Waals surface area contributed by atoms with Gasteiger partial charge in [-0.05, 0) is 18.2 Å². The van der Waals surface area contributed by atoms with Gasteiger partial charge in [0.2, 0.25) is 0 Å². The van der Waals surface area contributed by atoms with Gasteiger partial charge in [-0.25, -0.2) is 4.68 Å². The van der Waals surface area contributed by atoms with Crippen LogP contribution in [0, 0.1) is 0 Å². The molecule has 0 aliphatic heterocycles. The molecule has 1 heterocycles. The third-order valence-electron chi connectivity index (χ3n) is 2.10. The molecule has 0 aliphatic carbocycles. The predicted octanol–water partition coefficient (Wildman–Crippen LogP) is 2.62. The zero-order valence-electron chi connectivity index (χ0n) is 8.35. The average molecular weight is 223 g/mol. The molecule has 0 spiro atoms. The quantitative estimate of drug-likeness (QED) is 0.747. The molecule has 0 amide bonds. The van der Waals surface area contributed by atoms with E-state index < -0.39 is 0 Å². The van der Waals surface area contributed by atoms with Crippen LogP contribution in [0.5, 0.6) is 5.75 Å². The molecule has 0 saturated carbocycles. The Labute approximate surface area is 93.2 Å². The van der Waals surface area contributed by atoms with Gasteiger partial charge in [0.05, 0.1) is 24.4 Å². The zero-order chi connectivity index (χ0) is 10.7. The van der Waals surface area contributed by atoms with Crippen LogP contribution in [-0.2, 0) is 5.88 Å². The Hall–Kier alpha value is -1.48. The second-order valence-corrected chi connectivity index (χ2v) is 3.35. The van der Waals surface area contributed by atoms with Crippen molar-refractivity contribution in [3.05, 3.63) is 42.2 Å². The lowest BCUT2D eigenvalue weighted by atomic mass is 10.3. The van der Waals surface area contributed by atoms with E-state index >= 15 is 0 Å². The van der Waals surface area contributed by atoms with Crippen molar-refractivity contribution in [2.24, 2.45) is 0 Å². The minimum atomic E-state index is 0.428. The summed E-state index contributed by atoms with van der Waals surface area (Å²) < 4.78 is 6.92. The Bertz CT molecular complexity index is 453. The Kier molecular flexibility index (Phi) is 2.92. The van der Waals surface area contributed by atoms with Crippen LogP contribution in [-0.4, -0.2) is 16.9 Å². The van der Waals surface area contributed by atoms with Crippen LogP contribution in [0.3, 0.4) is 0 Å². The Morgan fingerprint density at radius 2 is 2.27 bits per heavy atom. The van der Waals surface area contributed by atoms with E-state index in [1.54, 1.807) is 11.8 Å². The number of benzene rings is 1. The monoisotopic (exact) mass is 222 g/mol. The van der Waals surface area contributed by atoms with Gasteiger partial charge in [0, 0.05) is 12.3 Å². The highest BCUT2D eigenvalue weighted by Gasteiger charge is 2.01. The Balaban J connectivity index is 2.35. The highest BCUT2D eigenvalue weighted by molar-refractivity contribution is 6.16. The largest absolute Gasteiger partial charge is 0.497 e. The number of nitrogens with zero attached hydrogens (tertiary/aromatic N) is 2. The summed E-state index contributed by atoms with van der Waals surface area (Å²) in [5.74, 6) is 1.24. The van der Waals surface area contributed by atoms with Crippen LogP contribution in [0.4, 0.5) is 0 Å². The fourth-order valence-corrected chi connectivity index (χ4v) is 1.47. The number of halogens is 1. The number of hydrogen-bond acceptors (Lipinski definition) is 2. The van der Waals surface area contributed by atoms with Crippen molar-refractivity contribution >= 4 is 11.6 Å². The zero-order valence-corrected chi connectivity index (χ0v) is 9.11. The summed E-state index contributed by atoms with van der Waals surface area (Å²) in [7, 11) is 1.65. The van der Waals surface area contributed by atoms with Crippen molar-refractivity contribution in [2.45, 2.75) is 5.88 Å². The molecule has 0 aliphatic rings. The molecule has 3 nitrogen and oxygen atoms in total. The third kappa shape index (κ3) is 2.13. The average Bonchev–Trinajstić information content (AvgIpc) is 2.78. The molecule has 0 fully saturated rings. The fourth-order valence-electron chi connectivity index (χ4n) is 1.33. The van der Waals surface area contributed by atoms with Crippen molar-refractivity contribution in [1.29, 1.82) is 0 Å². The molecule has 0 unspecified atom stereocenters. The number of methoxy groups -OCH3 is 1. The molecule has 0 radical (unpaired) electrons. The molecule has 1 aromatic carbocycles. The smallest absolute Gasteiger partial charge is 0.121 e. The molecule has 0 bridgehead atoms. The van der Waals surface area contributed by atoms with Gasteiger partial charge >= 0.3 is 0 Å². The second kappa shape index (κ2) is 4.36. The SMILES string of the molecule is COc1cccc(-n2ccc(CCl)n2)c1. The molecule has 0 N–H and O–H groups in total. The lowest BCUT2D eigenvalue weighted by Crippen LogP contribution is -1.96. The molecular formula is C11H11ClN2O. The van der Waals surface area contributed by atoms with E-state index in [-0.39, 0.29) is 0 Å². The first-order chi connectivity index (χ1) is 7.33. The molecular weight excluding hydrogens is 212 g/mol. The van der Waals surface area contributed by atoms with Gasteiger partial charge < -0.3 is 4.74 Å². The summed E-state index contributed by atoms with van der Waals surface area (Å²) in [5, 5.41) is 4.30. The molecule has 2 aromatic rings. The van der Waals surface area contributed by atoms with E-state index in [0.717, 1.165) is 17.1 Å². The Morgan fingerprint density at radius 3 is 2.93 bits per heavy atom. The normalized spacial score (nSPS) is 10.3. The first-order valence-corrected chi connectivity index (χ1v) is 5.12. The van der Waals surface area contributed by atoms with Gasteiger partial charge in [0.15, 0.2) is 0 Å². The molecule has 15 heavy (non-hydrogen) atoms. The lowest BCUT2D eigenvalue weighted by Gasteiger charge is -2.03. The van der Waals surface area contributed by atoms with Crippen molar-refractivity contribution < 1.29 is 4.74 Å². The van der Waals surface area contributed by atoms with Crippen molar-refractivity contribution in [2.75, 3.05) is 7.11 Å². The molecule has 2 rings (SSSR count). The summed E-state index contributed by atoms with van der Waals surface area (Å²) in [5.41, 5.74) is 1.82. The third-order valence-corrected chi connectivity index (χ3v) is 2.37. The predicted molar refractivity (Wildman–Crippen MR) is 59.7 cm³/mol. The van der Waals surface area contributed by atoms with E-state index in [4.69, 9.17) is 16.3 Å². The van der Waals surface area contributed by atoms with Crippen LogP contribution >= 0.6 is 11.6 Å². The molecule has 78 valence electrons. The maximum absolute atomic E-state index is 5.69. The van der Waals surface area contributed by atoms with E-state index in [1.807, 2.05) is 36.5 Å². The summed E-state index contributed by atoms with van der Waals surface area (Å²) in [6, 6.07) is 9.61. The first kappa shape index (κ1) is 10.1. The van der Waals surface area contributed by atoms with Crippen LogP contribution in [0.15, 0.2) is 36.5 Å². The van der Waals surface area contributed by atoms with Crippen molar-refractivity contribution in [3.63, 3.8) is 0 Å². The number of ether oxygens (including phenoxy) is 1.